The number of benzene rings is 3. The molecule has 5 rings (SSSR count). The molecule has 2 heterocycles. The molecule has 0 radical (unpaired) electrons. The third-order valence-electron chi connectivity index (χ3n) is 5.36. The van der Waals surface area contributed by atoms with Gasteiger partial charge >= 0.3 is 5.97 Å². The number of nitrogens with zero attached hydrogens (tertiary/aromatic N) is 2. The Labute approximate surface area is 186 Å². The van der Waals surface area contributed by atoms with Gasteiger partial charge in [0, 0.05) is 17.7 Å². The number of aryl methyl sites for hydroxylation is 1. The van der Waals surface area contributed by atoms with Gasteiger partial charge in [-0.15, -0.1) is 0 Å². The molecule has 0 saturated carbocycles. The second kappa shape index (κ2) is 9.47. The summed E-state index contributed by atoms with van der Waals surface area (Å²) in [6, 6.07) is 26.4. The second-order valence-corrected chi connectivity index (χ2v) is 7.73. The zero-order valence-electron chi connectivity index (χ0n) is 17.7. The Hall–Kier alpha value is -3.93. The zero-order chi connectivity index (χ0) is 22.5. The van der Waals surface area contributed by atoms with E-state index in [0.717, 1.165) is 16.7 Å². The third kappa shape index (κ3) is 4.70. The first-order chi connectivity index (χ1) is 15.5. The highest BCUT2D eigenvalue weighted by Gasteiger charge is 2.43. The van der Waals surface area contributed by atoms with Gasteiger partial charge in [0.1, 0.15) is 6.54 Å². The number of aliphatic carboxylic acids is 1. The quantitative estimate of drug-likeness (QED) is 0.684. The number of carbonyl (C=O) groups excluding carboxylic acids is 1. The molecule has 0 fully saturated rings. The predicted octanol–water partition coefficient (Wildman–Crippen LogP) is 4.00. The molecule has 2 aliphatic rings. The van der Waals surface area contributed by atoms with Crippen LogP contribution in [0.3, 0.4) is 0 Å². The molecule has 0 aromatic heterocycles. The number of rotatable bonds is 3. The van der Waals surface area contributed by atoms with E-state index in [1.165, 1.54) is 10.5 Å². The standard InChI is InChI=1S/C19H16N2O4.C7H8/c22-15(23)11-21-10-13-8-4-5-9-14(13)17-16(19(21)24)20-18(25-17)12-6-2-1-3-7-12;1-7-5-3-2-4-6-7/h1-9,16-17H,10-11H2,(H,22,23);2-6H,1H3. The lowest BCUT2D eigenvalue weighted by Gasteiger charge is -2.20. The molecule has 0 aliphatic carbocycles. The molecule has 1 amide bonds. The molecule has 162 valence electrons. The first-order valence-electron chi connectivity index (χ1n) is 10.4. The Balaban J connectivity index is 0.000000300. The molecular formula is C26H24N2O4. The first kappa shape index (κ1) is 21.3. The second-order valence-electron chi connectivity index (χ2n) is 7.73. The molecule has 0 spiro atoms. The highest BCUT2D eigenvalue weighted by Crippen LogP contribution is 2.37. The van der Waals surface area contributed by atoms with E-state index in [1.54, 1.807) is 0 Å². The summed E-state index contributed by atoms with van der Waals surface area (Å²) in [5.74, 6) is -0.957. The molecule has 6 nitrogen and oxygen atoms in total. The number of amides is 1. The van der Waals surface area contributed by atoms with Gasteiger partial charge in [0.05, 0.1) is 0 Å². The van der Waals surface area contributed by atoms with E-state index in [1.807, 2.05) is 72.8 Å². The van der Waals surface area contributed by atoms with Crippen LogP contribution in [-0.2, 0) is 20.9 Å². The maximum atomic E-state index is 12.9. The summed E-state index contributed by atoms with van der Waals surface area (Å²) < 4.78 is 6.04. The van der Waals surface area contributed by atoms with Gasteiger partial charge in [-0.25, -0.2) is 4.99 Å². The number of ether oxygens (including phenoxy) is 1. The number of fused-ring (bicyclic) bond motifs is 3. The normalized spacial score (nSPS) is 18.8. The average molecular weight is 428 g/mol. The van der Waals surface area contributed by atoms with Crippen molar-refractivity contribution < 1.29 is 19.4 Å². The smallest absolute Gasteiger partial charge is 0.323 e. The molecule has 3 aromatic carbocycles. The summed E-state index contributed by atoms with van der Waals surface area (Å²) in [4.78, 5) is 29.9. The highest BCUT2D eigenvalue weighted by molar-refractivity contribution is 5.99. The minimum atomic E-state index is -1.05. The van der Waals surface area contributed by atoms with Crippen molar-refractivity contribution in [3.05, 3.63) is 107 Å². The van der Waals surface area contributed by atoms with Crippen LogP contribution in [0, 0.1) is 6.92 Å². The van der Waals surface area contributed by atoms with E-state index in [2.05, 4.69) is 24.0 Å². The van der Waals surface area contributed by atoms with Crippen LogP contribution in [0.1, 0.15) is 28.4 Å². The lowest BCUT2D eigenvalue weighted by molar-refractivity contribution is -0.145. The topological polar surface area (TPSA) is 79.2 Å². The van der Waals surface area contributed by atoms with Crippen LogP contribution < -0.4 is 0 Å². The van der Waals surface area contributed by atoms with E-state index >= 15 is 0 Å². The maximum absolute atomic E-state index is 12.9. The van der Waals surface area contributed by atoms with Crippen LogP contribution in [0.15, 0.2) is 89.9 Å². The Morgan fingerprint density at radius 2 is 1.62 bits per heavy atom. The molecule has 0 bridgehead atoms. The Morgan fingerprint density at radius 3 is 2.25 bits per heavy atom. The summed E-state index contributed by atoms with van der Waals surface area (Å²) in [7, 11) is 0. The molecule has 3 aromatic rings. The number of carboxylic acid groups (broad SMARTS) is 1. The monoisotopic (exact) mass is 428 g/mol. The fraction of sp³-hybridized carbons (Fsp3) is 0.192. The summed E-state index contributed by atoms with van der Waals surface area (Å²) >= 11 is 0. The van der Waals surface area contributed by atoms with Crippen LogP contribution in [0.2, 0.25) is 0 Å². The molecule has 6 heteroatoms. The van der Waals surface area contributed by atoms with Crippen molar-refractivity contribution in [3.63, 3.8) is 0 Å². The van der Waals surface area contributed by atoms with E-state index in [-0.39, 0.29) is 19.0 Å². The van der Waals surface area contributed by atoms with Crippen LogP contribution in [0.25, 0.3) is 0 Å². The van der Waals surface area contributed by atoms with Crippen molar-refractivity contribution in [2.24, 2.45) is 4.99 Å². The Morgan fingerprint density at radius 1 is 1.00 bits per heavy atom. The number of carboxylic acids is 1. The summed E-state index contributed by atoms with van der Waals surface area (Å²) in [5.41, 5.74) is 3.88. The van der Waals surface area contributed by atoms with Crippen molar-refractivity contribution in [1.29, 1.82) is 0 Å². The van der Waals surface area contributed by atoms with Gasteiger partial charge in [-0.05, 0) is 24.6 Å². The maximum Gasteiger partial charge on any atom is 0.323 e. The predicted molar refractivity (Wildman–Crippen MR) is 121 cm³/mol. The molecule has 2 aliphatic heterocycles. The fourth-order valence-corrected chi connectivity index (χ4v) is 3.81. The first-order valence-corrected chi connectivity index (χ1v) is 10.4. The SMILES string of the molecule is Cc1ccccc1.O=C(O)CN1Cc2ccccc2C2OC(c3ccccc3)=NC2C1=O. The van der Waals surface area contributed by atoms with E-state index < -0.39 is 18.1 Å². The average Bonchev–Trinajstić information content (AvgIpc) is 3.21. The molecule has 2 atom stereocenters. The summed E-state index contributed by atoms with van der Waals surface area (Å²) in [5, 5.41) is 9.13. The number of aliphatic imine (C=N–C) groups is 1. The van der Waals surface area contributed by atoms with Crippen LogP contribution in [0.5, 0.6) is 0 Å². The molecule has 32 heavy (non-hydrogen) atoms. The number of carbonyl (C=O) groups is 2. The van der Waals surface area contributed by atoms with Crippen LogP contribution in [0.4, 0.5) is 0 Å². The van der Waals surface area contributed by atoms with Crippen LogP contribution in [-0.4, -0.2) is 40.4 Å². The molecular weight excluding hydrogens is 404 g/mol. The minimum Gasteiger partial charge on any atom is -0.480 e. The lowest BCUT2D eigenvalue weighted by Crippen LogP contribution is -2.40. The molecule has 2 unspecified atom stereocenters. The van der Waals surface area contributed by atoms with E-state index in [9.17, 15) is 9.59 Å². The van der Waals surface area contributed by atoms with Crippen molar-refractivity contribution in [2.45, 2.75) is 25.6 Å². The molecule has 1 N–H and O–H groups in total. The van der Waals surface area contributed by atoms with E-state index in [4.69, 9.17) is 9.84 Å². The fourth-order valence-electron chi connectivity index (χ4n) is 3.81. The highest BCUT2D eigenvalue weighted by atomic mass is 16.5. The summed E-state index contributed by atoms with van der Waals surface area (Å²) in [6.07, 6.45) is -0.530. The van der Waals surface area contributed by atoms with Gasteiger partial charge in [0.25, 0.3) is 5.91 Å². The van der Waals surface area contributed by atoms with Gasteiger partial charge in [0.15, 0.2) is 12.1 Å². The van der Waals surface area contributed by atoms with Crippen LogP contribution >= 0.6 is 0 Å². The Bertz CT molecular complexity index is 1130. The van der Waals surface area contributed by atoms with Crippen molar-refractivity contribution in [3.8, 4) is 0 Å². The minimum absolute atomic E-state index is 0.244. The van der Waals surface area contributed by atoms with Crippen molar-refractivity contribution in [1.82, 2.24) is 4.90 Å². The van der Waals surface area contributed by atoms with Gasteiger partial charge in [-0.1, -0.05) is 78.4 Å². The van der Waals surface area contributed by atoms with Gasteiger partial charge in [-0.3, -0.25) is 9.59 Å². The largest absolute Gasteiger partial charge is 0.480 e. The molecule has 0 saturated heterocycles. The number of hydrogen-bond acceptors (Lipinski definition) is 4. The van der Waals surface area contributed by atoms with Gasteiger partial charge in [-0.2, -0.15) is 0 Å². The van der Waals surface area contributed by atoms with Crippen molar-refractivity contribution in [2.75, 3.05) is 6.54 Å². The number of hydrogen-bond donors (Lipinski definition) is 1. The summed E-state index contributed by atoms with van der Waals surface area (Å²) in [6.45, 7) is 1.97. The lowest BCUT2D eigenvalue weighted by atomic mass is 9.99. The van der Waals surface area contributed by atoms with Gasteiger partial charge < -0.3 is 14.7 Å². The zero-order valence-corrected chi connectivity index (χ0v) is 17.7. The van der Waals surface area contributed by atoms with Crippen molar-refractivity contribution >= 4 is 17.8 Å². The third-order valence-corrected chi connectivity index (χ3v) is 5.36. The van der Waals surface area contributed by atoms with Gasteiger partial charge in [0.2, 0.25) is 5.90 Å². The van der Waals surface area contributed by atoms with E-state index in [0.29, 0.717) is 5.90 Å². The Kier molecular flexibility index (Phi) is 6.31.